The van der Waals surface area contributed by atoms with Gasteiger partial charge in [-0.15, -0.1) is 10.2 Å². The van der Waals surface area contributed by atoms with Gasteiger partial charge in [-0.25, -0.2) is 0 Å². The van der Waals surface area contributed by atoms with Crippen molar-refractivity contribution in [2.45, 2.75) is 32.7 Å². The van der Waals surface area contributed by atoms with E-state index in [4.69, 9.17) is 9.73 Å². The van der Waals surface area contributed by atoms with Gasteiger partial charge in [0.05, 0.1) is 37.0 Å². The number of hydrogen-bond acceptors (Lipinski definition) is 9. The van der Waals surface area contributed by atoms with Crippen molar-refractivity contribution in [3.63, 3.8) is 0 Å². The van der Waals surface area contributed by atoms with Crippen LogP contribution in [0.1, 0.15) is 46.4 Å². The van der Waals surface area contributed by atoms with Gasteiger partial charge in [0.1, 0.15) is 17.6 Å². The molecule has 0 fully saturated rings. The van der Waals surface area contributed by atoms with E-state index in [0.29, 0.717) is 47.0 Å². The number of phenolic OH excluding ortho intramolecular Hbond substituents is 2. The number of nitrogens with zero attached hydrogens (tertiary/aromatic N) is 5. The van der Waals surface area contributed by atoms with E-state index in [2.05, 4.69) is 25.8 Å². The molecule has 12 heteroatoms. The summed E-state index contributed by atoms with van der Waals surface area (Å²) in [6.45, 7) is 3.99. The molecule has 0 unspecified atom stereocenters. The minimum atomic E-state index is -0.666. The van der Waals surface area contributed by atoms with Crippen molar-refractivity contribution in [2.75, 3.05) is 20.2 Å². The number of aryl methyl sites for hydroxylation is 2. The summed E-state index contributed by atoms with van der Waals surface area (Å²) in [5.74, 6) is 0.697. The van der Waals surface area contributed by atoms with Gasteiger partial charge in [-0.3, -0.25) is 24.1 Å². The van der Waals surface area contributed by atoms with E-state index in [-0.39, 0.29) is 36.3 Å². The molecule has 12 nitrogen and oxygen atoms in total. The third-order valence-electron chi connectivity index (χ3n) is 7.85. The highest BCUT2D eigenvalue weighted by Crippen LogP contribution is 2.34. The number of amides is 2. The molecule has 0 radical (unpaired) electrons. The molecule has 6 rings (SSSR count). The monoisotopic (exact) mass is 619 g/mol. The summed E-state index contributed by atoms with van der Waals surface area (Å²) >= 11 is 0. The Kier molecular flexibility index (Phi) is 8.34. The van der Waals surface area contributed by atoms with Crippen LogP contribution in [-0.2, 0) is 16.0 Å². The fourth-order valence-corrected chi connectivity index (χ4v) is 5.45. The Morgan fingerprint density at radius 2 is 1.72 bits per heavy atom. The summed E-state index contributed by atoms with van der Waals surface area (Å²) in [7, 11) is 1.61. The summed E-state index contributed by atoms with van der Waals surface area (Å²) < 4.78 is 7.44. The molecule has 1 aliphatic heterocycles. The number of hydrogen-bond donors (Lipinski definition) is 4. The summed E-state index contributed by atoms with van der Waals surface area (Å²) in [5, 5.41) is 34.3. The summed E-state index contributed by atoms with van der Waals surface area (Å²) in [6, 6.07) is 17.8. The highest BCUT2D eigenvalue weighted by Gasteiger charge is 2.30. The highest BCUT2D eigenvalue weighted by atomic mass is 16.5. The maximum atomic E-state index is 13.2. The fourth-order valence-electron chi connectivity index (χ4n) is 5.45. The second-order valence-electron chi connectivity index (χ2n) is 11.1. The second kappa shape index (κ2) is 12.7. The quantitative estimate of drug-likeness (QED) is 0.182. The number of carbonyl (C=O) groups is 2. The smallest absolute Gasteiger partial charge is 0.239 e. The Bertz CT molecular complexity index is 1980. The lowest BCUT2D eigenvalue weighted by molar-refractivity contribution is -0.126. The normalized spacial score (nSPS) is 13.7. The molecule has 5 aromatic rings. The van der Waals surface area contributed by atoms with E-state index in [9.17, 15) is 19.8 Å². The molecule has 3 heterocycles. The number of ether oxygens (including phenoxy) is 1. The molecule has 1 atom stereocenters. The Morgan fingerprint density at radius 3 is 2.50 bits per heavy atom. The van der Waals surface area contributed by atoms with Crippen LogP contribution in [0.3, 0.4) is 0 Å². The fraction of sp³-hybridized carbons (Fsp3) is 0.235. The number of phenols is 2. The van der Waals surface area contributed by atoms with Gasteiger partial charge in [0, 0.05) is 35.3 Å². The number of benzene rings is 3. The zero-order valence-corrected chi connectivity index (χ0v) is 25.6. The third kappa shape index (κ3) is 6.23. The minimum absolute atomic E-state index is 0.0446. The SMILES string of the molecule is COc1ccc2c(c1)C(c1ccc(C)cc1)=N[C@@H](CC(=O)NCC(=O)NCCc1cnc3cc(O)c(O)cc3c1)c1nnc(C)n1-2. The van der Waals surface area contributed by atoms with E-state index < -0.39 is 6.04 Å². The number of aromatic nitrogens is 4. The van der Waals surface area contributed by atoms with Crippen LogP contribution in [0, 0.1) is 13.8 Å². The topological polar surface area (TPSA) is 164 Å². The van der Waals surface area contributed by atoms with Gasteiger partial charge in [-0.05, 0) is 56.2 Å². The van der Waals surface area contributed by atoms with Crippen LogP contribution >= 0.6 is 0 Å². The van der Waals surface area contributed by atoms with Gasteiger partial charge in [0.2, 0.25) is 11.8 Å². The molecule has 3 aromatic carbocycles. The van der Waals surface area contributed by atoms with Crippen LogP contribution in [0.25, 0.3) is 16.6 Å². The zero-order valence-electron chi connectivity index (χ0n) is 25.6. The standard InChI is InChI=1S/C34H33N7O5/c1-19-4-6-22(7-5-19)33-25-14-24(46-3)8-9-28(25)41-20(2)39-40-34(41)27(38-33)16-31(44)37-18-32(45)35-11-10-21-12-23-13-29(42)30(43)15-26(23)36-17-21/h4-9,12-15,17,27,42-43H,10-11,16,18H2,1-3H3,(H,35,45)(H,37,44)/t27-/m0/s1. The highest BCUT2D eigenvalue weighted by molar-refractivity contribution is 6.15. The molecule has 234 valence electrons. The predicted octanol–water partition coefficient (Wildman–Crippen LogP) is 3.61. The van der Waals surface area contributed by atoms with Gasteiger partial charge >= 0.3 is 0 Å². The Morgan fingerprint density at radius 1 is 0.935 bits per heavy atom. The Hall–Kier alpha value is -5.78. The zero-order chi connectivity index (χ0) is 32.4. The van der Waals surface area contributed by atoms with Gasteiger partial charge in [-0.1, -0.05) is 29.8 Å². The van der Waals surface area contributed by atoms with E-state index >= 15 is 0 Å². The average molecular weight is 620 g/mol. The largest absolute Gasteiger partial charge is 0.504 e. The maximum absolute atomic E-state index is 13.2. The van der Waals surface area contributed by atoms with Crippen LogP contribution in [0.15, 0.2) is 71.9 Å². The van der Waals surface area contributed by atoms with Crippen molar-refractivity contribution in [1.29, 1.82) is 0 Å². The van der Waals surface area contributed by atoms with Crippen molar-refractivity contribution in [1.82, 2.24) is 30.4 Å². The van der Waals surface area contributed by atoms with Crippen molar-refractivity contribution >= 4 is 28.4 Å². The molecule has 0 saturated heterocycles. The number of methoxy groups -OCH3 is 1. The van der Waals surface area contributed by atoms with Crippen LogP contribution in [0.5, 0.6) is 17.2 Å². The third-order valence-corrected chi connectivity index (χ3v) is 7.85. The van der Waals surface area contributed by atoms with Crippen LogP contribution in [0.4, 0.5) is 0 Å². The van der Waals surface area contributed by atoms with Crippen molar-refractivity contribution in [3.05, 3.63) is 101 Å². The minimum Gasteiger partial charge on any atom is -0.504 e. The van der Waals surface area contributed by atoms with E-state index in [0.717, 1.165) is 27.9 Å². The maximum Gasteiger partial charge on any atom is 0.239 e. The van der Waals surface area contributed by atoms with Crippen LogP contribution < -0.4 is 15.4 Å². The number of fused-ring (bicyclic) bond motifs is 4. The van der Waals surface area contributed by atoms with Crippen molar-refractivity contribution in [3.8, 4) is 22.9 Å². The average Bonchev–Trinajstić information content (AvgIpc) is 3.37. The van der Waals surface area contributed by atoms with Crippen LogP contribution in [0.2, 0.25) is 0 Å². The van der Waals surface area contributed by atoms with Gasteiger partial charge < -0.3 is 25.6 Å². The number of aliphatic imine (C=N–C) groups is 1. The molecule has 0 spiro atoms. The lowest BCUT2D eigenvalue weighted by atomic mass is 9.99. The van der Waals surface area contributed by atoms with Crippen LogP contribution in [-0.4, -0.2) is 67.7 Å². The van der Waals surface area contributed by atoms with Gasteiger partial charge in [-0.2, -0.15) is 0 Å². The molecule has 0 saturated carbocycles. The lowest BCUT2D eigenvalue weighted by Crippen LogP contribution is -2.38. The first-order chi connectivity index (χ1) is 22.2. The number of carbonyl (C=O) groups excluding carboxylic acids is 2. The van der Waals surface area contributed by atoms with Crippen molar-refractivity contribution < 1.29 is 24.5 Å². The molecule has 0 aliphatic carbocycles. The molecular weight excluding hydrogens is 586 g/mol. The van der Waals surface area contributed by atoms with E-state index in [1.165, 1.54) is 12.1 Å². The van der Waals surface area contributed by atoms with E-state index in [1.54, 1.807) is 13.3 Å². The number of nitrogens with one attached hydrogen (secondary N) is 2. The molecule has 46 heavy (non-hydrogen) atoms. The van der Waals surface area contributed by atoms with Gasteiger partial charge in [0.15, 0.2) is 17.3 Å². The lowest BCUT2D eigenvalue weighted by Gasteiger charge is -2.14. The second-order valence-corrected chi connectivity index (χ2v) is 11.1. The van der Waals surface area contributed by atoms with E-state index in [1.807, 2.05) is 66.9 Å². The molecule has 0 bridgehead atoms. The first-order valence-electron chi connectivity index (χ1n) is 14.8. The predicted molar refractivity (Wildman–Crippen MR) is 172 cm³/mol. The number of rotatable bonds is 9. The molecule has 2 aromatic heterocycles. The summed E-state index contributed by atoms with van der Waals surface area (Å²) in [4.78, 5) is 35.2. The van der Waals surface area contributed by atoms with Gasteiger partial charge in [0.25, 0.3) is 0 Å². The number of aromatic hydroxyl groups is 2. The number of pyridine rings is 1. The Balaban J connectivity index is 1.14. The first-order valence-corrected chi connectivity index (χ1v) is 14.8. The van der Waals surface area contributed by atoms with Crippen molar-refractivity contribution in [2.24, 2.45) is 4.99 Å². The molecule has 4 N–H and O–H groups in total. The summed E-state index contributed by atoms with van der Waals surface area (Å²) in [6.07, 6.45) is 2.10. The summed E-state index contributed by atoms with van der Waals surface area (Å²) in [5.41, 5.74) is 5.74. The molecular formula is C34H33N7O5. The Labute approximate surface area is 264 Å². The molecule has 2 amide bonds. The molecule has 1 aliphatic rings. The first kappa shape index (κ1) is 30.3.